The van der Waals surface area contributed by atoms with Crippen LogP contribution in [0.15, 0.2) is 42.6 Å². The number of amides is 1. The molecule has 3 aromatic rings. The molecule has 8 heteroatoms. The van der Waals surface area contributed by atoms with Gasteiger partial charge in [0.05, 0.1) is 16.4 Å². The summed E-state index contributed by atoms with van der Waals surface area (Å²) in [5, 5.41) is 10.1. The van der Waals surface area contributed by atoms with Gasteiger partial charge in [-0.2, -0.15) is 5.10 Å². The number of benzene rings is 1. The van der Waals surface area contributed by atoms with Crippen molar-refractivity contribution in [2.75, 3.05) is 18.0 Å². The van der Waals surface area contributed by atoms with Crippen molar-refractivity contribution in [2.45, 2.75) is 19.4 Å². The van der Waals surface area contributed by atoms with Crippen LogP contribution in [0.1, 0.15) is 22.6 Å². The maximum atomic E-state index is 12.4. The predicted octanol–water partition coefficient (Wildman–Crippen LogP) is 2.84. The van der Waals surface area contributed by atoms with Gasteiger partial charge in [0.15, 0.2) is 5.69 Å². The molecule has 27 heavy (non-hydrogen) atoms. The van der Waals surface area contributed by atoms with Gasteiger partial charge in [0.25, 0.3) is 5.91 Å². The third-order valence-electron chi connectivity index (χ3n) is 4.61. The average molecular weight is 383 g/mol. The van der Waals surface area contributed by atoms with Gasteiger partial charge < -0.3 is 10.2 Å². The molecule has 0 aliphatic carbocycles. The number of nitrogens with one attached hydrogen (secondary N) is 2. The zero-order valence-corrected chi connectivity index (χ0v) is 15.6. The van der Waals surface area contributed by atoms with Gasteiger partial charge in [-0.05, 0) is 19.4 Å². The van der Waals surface area contributed by atoms with Gasteiger partial charge in [-0.15, -0.1) is 0 Å². The van der Waals surface area contributed by atoms with Gasteiger partial charge in [-0.3, -0.25) is 9.89 Å². The lowest BCUT2D eigenvalue weighted by Crippen LogP contribution is -2.37. The van der Waals surface area contributed by atoms with Gasteiger partial charge in [-0.25, -0.2) is 9.97 Å². The maximum absolute atomic E-state index is 12.4. The number of rotatable bonds is 4. The first-order valence-electron chi connectivity index (χ1n) is 8.76. The van der Waals surface area contributed by atoms with E-state index in [4.69, 9.17) is 11.6 Å². The summed E-state index contributed by atoms with van der Waals surface area (Å²) in [6.07, 6.45) is 2.58. The molecule has 1 aliphatic rings. The van der Waals surface area contributed by atoms with Crippen molar-refractivity contribution >= 4 is 23.5 Å². The van der Waals surface area contributed by atoms with Gasteiger partial charge in [-0.1, -0.05) is 41.9 Å². The minimum atomic E-state index is -0.268. The Balaban J connectivity index is 1.44. The van der Waals surface area contributed by atoms with Crippen LogP contribution in [-0.2, 0) is 0 Å². The van der Waals surface area contributed by atoms with Crippen LogP contribution >= 0.6 is 11.6 Å². The molecular weight excluding hydrogens is 364 g/mol. The predicted molar refractivity (Wildman–Crippen MR) is 104 cm³/mol. The molecule has 1 saturated heterocycles. The summed E-state index contributed by atoms with van der Waals surface area (Å²) in [4.78, 5) is 23.5. The summed E-state index contributed by atoms with van der Waals surface area (Å²) >= 11 is 6.10. The van der Waals surface area contributed by atoms with E-state index in [1.54, 1.807) is 13.1 Å². The number of anilines is 1. The van der Waals surface area contributed by atoms with Crippen molar-refractivity contribution in [2.24, 2.45) is 0 Å². The molecule has 0 bridgehead atoms. The minimum absolute atomic E-state index is 0.00504. The van der Waals surface area contributed by atoms with Crippen molar-refractivity contribution in [1.82, 2.24) is 25.5 Å². The number of carbonyl (C=O) groups is 1. The second-order valence-electron chi connectivity index (χ2n) is 6.52. The zero-order valence-electron chi connectivity index (χ0n) is 14.8. The highest BCUT2D eigenvalue weighted by Crippen LogP contribution is 2.22. The summed E-state index contributed by atoms with van der Waals surface area (Å²) < 4.78 is 0. The molecule has 0 spiro atoms. The molecule has 4 rings (SSSR count). The second kappa shape index (κ2) is 7.36. The highest BCUT2D eigenvalue weighted by atomic mass is 35.5. The summed E-state index contributed by atoms with van der Waals surface area (Å²) in [6, 6.07) is 11.9. The van der Waals surface area contributed by atoms with Crippen molar-refractivity contribution in [3.63, 3.8) is 0 Å². The lowest BCUT2D eigenvalue weighted by atomic mass is 10.1. The number of hydrogen-bond donors (Lipinski definition) is 2. The lowest BCUT2D eigenvalue weighted by molar-refractivity contribution is 0.0935. The molecule has 0 saturated carbocycles. The molecule has 1 unspecified atom stereocenters. The van der Waals surface area contributed by atoms with E-state index in [0.29, 0.717) is 23.2 Å². The Morgan fingerprint density at radius 3 is 2.85 bits per heavy atom. The fourth-order valence-corrected chi connectivity index (χ4v) is 3.32. The molecule has 0 radical (unpaired) electrons. The van der Waals surface area contributed by atoms with Crippen LogP contribution in [0, 0.1) is 6.92 Å². The Morgan fingerprint density at radius 1 is 1.30 bits per heavy atom. The third-order valence-corrected chi connectivity index (χ3v) is 5.07. The second-order valence-corrected chi connectivity index (χ2v) is 6.90. The van der Waals surface area contributed by atoms with E-state index >= 15 is 0 Å². The Morgan fingerprint density at radius 2 is 2.11 bits per heavy atom. The quantitative estimate of drug-likeness (QED) is 0.724. The normalized spacial score (nSPS) is 16.5. The average Bonchev–Trinajstić information content (AvgIpc) is 3.30. The van der Waals surface area contributed by atoms with Gasteiger partial charge in [0.2, 0.25) is 5.95 Å². The van der Waals surface area contributed by atoms with Crippen LogP contribution in [0.4, 0.5) is 5.95 Å². The van der Waals surface area contributed by atoms with Crippen LogP contribution in [0.5, 0.6) is 0 Å². The molecule has 7 nitrogen and oxygen atoms in total. The third kappa shape index (κ3) is 3.64. The van der Waals surface area contributed by atoms with E-state index in [9.17, 15) is 4.79 Å². The molecule has 1 fully saturated rings. The van der Waals surface area contributed by atoms with Crippen molar-refractivity contribution < 1.29 is 4.79 Å². The molecule has 1 aromatic carbocycles. The molecule has 2 N–H and O–H groups in total. The van der Waals surface area contributed by atoms with Crippen LogP contribution in [0.3, 0.4) is 0 Å². The number of aromatic nitrogens is 4. The minimum Gasteiger partial charge on any atom is -0.346 e. The zero-order chi connectivity index (χ0) is 18.8. The highest BCUT2D eigenvalue weighted by Gasteiger charge is 2.27. The molecule has 1 amide bonds. The first-order valence-corrected chi connectivity index (χ1v) is 9.14. The monoisotopic (exact) mass is 382 g/mol. The van der Waals surface area contributed by atoms with E-state index in [2.05, 4.69) is 30.4 Å². The molecule has 3 heterocycles. The van der Waals surface area contributed by atoms with E-state index in [0.717, 1.165) is 24.2 Å². The molecule has 2 aromatic heterocycles. The number of hydrogen-bond acceptors (Lipinski definition) is 5. The highest BCUT2D eigenvalue weighted by molar-refractivity contribution is 6.34. The molecule has 138 valence electrons. The largest absolute Gasteiger partial charge is 0.346 e. The van der Waals surface area contributed by atoms with Crippen molar-refractivity contribution in [3.8, 4) is 11.3 Å². The fraction of sp³-hybridized carbons (Fsp3) is 0.263. The summed E-state index contributed by atoms with van der Waals surface area (Å²) in [5.74, 6) is 0.400. The van der Waals surface area contributed by atoms with E-state index < -0.39 is 0 Å². The maximum Gasteiger partial charge on any atom is 0.273 e. The fourth-order valence-electron chi connectivity index (χ4n) is 3.15. The Bertz CT molecular complexity index is 958. The molecule has 1 atom stereocenters. The summed E-state index contributed by atoms with van der Waals surface area (Å²) in [7, 11) is 0. The van der Waals surface area contributed by atoms with Crippen molar-refractivity contribution in [1.29, 1.82) is 0 Å². The number of H-pyrrole nitrogens is 1. The Kier molecular flexibility index (Phi) is 4.77. The van der Waals surface area contributed by atoms with Crippen LogP contribution in [-0.4, -0.2) is 45.2 Å². The Hall–Kier alpha value is -2.93. The Labute approximate surface area is 161 Å². The van der Waals surface area contributed by atoms with E-state index in [1.807, 2.05) is 36.4 Å². The number of aromatic amines is 1. The van der Waals surface area contributed by atoms with E-state index in [1.165, 1.54) is 0 Å². The van der Waals surface area contributed by atoms with Crippen LogP contribution in [0.25, 0.3) is 11.3 Å². The van der Waals surface area contributed by atoms with Gasteiger partial charge in [0.1, 0.15) is 0 Å². The number of halogens is 1. The number of nitrogens with zero attached hydrogens (tertiary/aromatic N) is 4. The number of carbonyl (C=O) groups excluding carboxylic acids is 1. The van der Waals surface area contributed by atoms with Crippen LogP contribution < -0.4 is 10.2 Å². The van der Waals surface area contributed by atoms with E-state index in [-0.39, 0.29) is 17.6 Å². The first-order chi connectivity index (χ1) is 13.1. The summed E-state index contributed by atoms with van der Waals surface area (Å²) in [6.45, 7) is 3.20. The van der Waals surface area contributed by atoms with Crippen LogP contribution in [0.2, 0.25) is 5.02 Å². The topological polar surface area (TPSA) is 86.8 Å². The van der Waals surface area contributed by atoms with Gasteiger partial charge in [0, 0.05) is 30.9 Å². The lowest BCUT2D eigenvalue weighted by Gasteiger charge is -2.17. The summed E-state index contributed by atoms with van der Waals surface area (Å²) in [5.41, 5.74) is 2.84. The first kappa shape index (κ1) is 17.5. The standard InChI is InChI=1S/C19H19ClN6O/c1-12-16(20)17(25-24-12)18(27)22-14-8-10-26(11-14)19-21-9-7-15(23-19)13-5-3-2-4-6-13/h2-7,9,14H,8,10-11H2,1H3,(H,22,27)(H,24,25). The van der Waals surface area contributed by atoms with Gasteiger partial charge >= 0.3 is 0 Å². The molecule has 1 aliphatic heterocycles. The van der Waals surface area contributed by atoms with Crippen molar-refractivity contribution in [3.05, 3.63) is 59.0 Å². The number of aryl methyl sites for hydroxylation is 1. The SMILES string of the molecule is Cc1[nH]nc(C(=O)NC2CCN(c3nccc(-c4ccccc4)n3)C2)c1Cl. The smallest absolute Gasteiger partial charge is 0.273 e. The molecular formula is C19H19ClN6O.